The summed E-state index contributed by atoms with van der Waals surface area (Å²) in [6.07, 6.45) is 1.50. The number of nitrogens with one attached hydrogen (secondary N) is 1. The normalized spacial score (nSPS) is 12.5. The van der Waals surface area contributed by atoms with E-state index in [-0.39, 0.29) is 11.9 Å². The van der Waals surface area contributed by atoms with Gasteiger partial charge in [-0.25, -0.2) is 0 Å². The fourth-order valence-corrected chi connectivity index (χ4v) is 2.28. The van der Waals surface area contributed by atoms with Gasteiger partial charge >= 0.3 is 0 Å². The summed E-state index contributed by atoms with van der Waals surface area (Å²) < 4.78 is 10.2. The van der Waals surface area contributed by atoms with E-state index < -0.39 is 6.29 Å². The Labute approximate surface area is 112 Å². The number of carbonyl (C=O) groups excluding carboxylic acids is 1. The second kappa shape index (κ2) is 7.41. The summed E-state index contributed by atoms with van der Waals surface area (Å²) >= 11 is 1.55. The largest absolute Gasteiger partial charge is 0.354 e. The summed E-state index contributed by atoms with van der Waals surface area (Å²) in [5.41, 5.74) is 0.669. The first-order valence-electron chi connectivity index (χ1n) is 5.63. The summed E-state index contributed by atoms with van der Waals surface area (Å²) in [6.45, 7) is 1.84. The molecule has 1 atom stereocenters. The van der Waals surface area contributed by atoms with Crippen LogP contribution in [0.5, 0.6) is 0 Å². The Kier molecular flexibility index (Phi) is 6.18. The highest BCUT2D eigenvalue weighted by atomic mass is 32.2. The van der Waals surface area contributed by atoms with Crippen molar-refractivity contribution in [3.05, 3.63) is 29.8 Å². The Morgan fingerprint density at radius 2 is 1.89 bits per heavy atom. The van der Waals surface area contributed by atoms with Gasteiger partial charge in [-0.05, 0) is 25.3 Å². The number of ether oxygens (including phenoxy) is 2. The fraction of sp³-hybridized carbons (Fsp3) is 0.462. The van der Waals surface area contributed by atoms with Gasteiger partial charge in [-0.1, -0.05) is 12.1 Å². The molecule has 0 radical (unpaired) electrons. The zero-order valence-electron chi connectivity index (χ0n) is 11.1. The van der Waals surface area contributed by atoms with Crippen molar-refractivity contribution >= 4 is 17.7 Å². The van der Waals surface area contributed by atoms with E-state index in [1.54, 1.807) is 26.0 Å². The first-order chi connectivity index (χ1) is 8.63. The van der Waals surface area contributed by atoms with Crippen molar-refractivity contribution in [2.24, 2.45) is 0 Å². The first-order valence-corrected chi connectivity index (χ1v) is 6.86. The Hall–Kier alpha value is -1.04. The molecule has 100 valence electrons. The Bertz CT molecular complexity index is 394. The summed E-state index contributed by atoms with van der Waals surface area (Å²) in [6, 6.07) is 7.28. The van der Waals surface area contributed by atoms with Gasteiger partial charge in [0.1, 0.15) is 0 Å². The van der Waals surface area contributed by atoms with E-state index >= 15 is 0 Å². The zero-order valence-corrected chi connectivity index (χ0v) is 11.9. The van der Waals surface area contributed by atoms with Crippen LogP contribution in [-0.4, -0.2) is 38.7 Å². The predicted molar refractivity (Wildman–Crippen MR) is 73.0 cm³/mol. The van der Waals surface area contributed by atoms with Gasteiger partial charge in [-0.3, -0.25) is 4.79 Å². The standard InChI is InChI=1S/C13H19NO3S/c1-9(13(16-2)17-3)14-12(15)10-7-5-6-8-11(10)18-4/h5-9,13H,1-4H3,(H,14,15). The van der Waals surface area contributed by atoms with Crippen LogP contribution >= 0.6 is 11.8 Å². The fourth-order valence-electron chi connectivity index (χ4n) is 1.69. The lowest BCUT2D eigenvalue weighted by molar-refractivity contribution is -0.117. The number of amides is 1. The molecule has 0 aliphatic carbocycles. The summed E-state index contributed by atoms with van der Waals surface area (Å²) in [7, 11) is 3.10. The highest BCUT2D eigenvalue weighted by molar-refractivity contribution is 7.98. The molecule has 0 saturated carbocycles. The molecule has 0 aromatic heterocycles. The number of hydrogen-bond acceptors (Lipinski definition) is 4. The molecule has 0 aliphatic heterocycles. The molecule has 1 aromatic rings. The first kappa shape index (κ1) is 15.0. The lowest BCUT2D eigenvalue weighted by Gasteiger charge is -2.22. The number of rotatable bonds is 6. The molecule has 1 rings (SSSR count). The molecule has 1 unspecified atom stereocenters. The molecule has 0 heterocycles. The van der Waals surface area contributed by atoms with E-state index in [9.17, 15) is 4.79 Å². The second-order valence-corrected chi connectivity index (χ2v) is 4.65. The van der Waals surface area contributed by atoms with Crippen molar-refractivity contribution in [2.45, 2.75) is 24.2 Å². The van der Waals surface area contributed by atoms with Crippen molar-refractivity contribution in [1.29, 1.82) is 0 Å². The molecular weight excluding hydrogens is 250 g/mol. The molecule has 4 nitrogen and oxygen atoms in total. The van der Waals surface area contributed by atoms with Gasteiger partial charge in [0.15, 0.2) is 6.29 Å². The molecule has 1 amide bonds. The van der Waals surface area contributed by atoms with Crippen LogP contribution in [0.3, 0.4) is 0 Å². The molecule has 0 saturated heterocycles. The van der Waals surface area contributed by atoms with Gasteiger partial charge in [-0.2, -0.15) is 0 Å². The summed E-state index contributed by atoms with van der Waals surface area (Å²) in [4.78, 5) is 13.1. The van der Waals surface area contributed by atoms with Crippen LogP contribution < -0.4 is 5.32 Å². The molecule has 0 aliphatic rings. The number of methoxy groups -OCH3 is 2. The molecule has 0 spiro atoms. The van der Waals surface area contributed by atoms with E-state index in [1.165, 1.54) is 0 Å². The van der Waals surface area contributed by atoms with E-state index in [2.05, 4.69) is 5.32 Å². The number of thioether (sulfide) groups is 1. The van der Waals surface area contributed by atoms with Crippen LogP contribution in [-0.2, 0) is 9.47 Å². The molecule has 1 N–H and O–H groups in total. The van der Waals surface area contributed by atoms with Gasteiger partial charge in [0.25, 0.3) is 5.91 Å². The van der Waals surface area contributed by atoms with Crippen molar-refractivity contribution in [3.63, 3.8) is 0 Å². The quantitative estimate of drug-likeness (QED) is 0.635. The average molecular weight is 269 g/mol. The topological polar surface area (TPSA) is 47.6 Å². The smallest absolute Gasteiger partial charge is 0.252 e. The van der Waals surface area contributed by atoms with E-state index in [0.29, 0.717) is 5.56 Å². The number of hydrogen-bond donors (Lipinski definition) is 1. The Morgan fingerprint density at radius 1 is 1.28 bits per heavy atom. The highest BCUT2D eigenvalue weighted by Gasteiger charge is 2.19. The average Bonchev–Trinajstić information content (AvgIpc) is 2.40. The molecule has 18 heavy (non-hydrogen) atoms. The van der Waals surface area contributed by atoms with Gasteiger partial charge in [-0.15, -0.1) is 11.8 Å². The SMILES string of the molecule is COC(OC)C(C)NC(=O)c1ccccc1SC. The van der Waals surface area contributed by atoms with Crippen LogP contribution in [0.2, 0.25) is 0 Å². The van der Waals surface area contributed by atoms with E-state index in [4.69, 9.17) is 9.47 Å². The molecule has 0 fully saturated rings. The third-order valence-electron chi connectivity index (χ3n) is 2.58. The monoisotopic (exact) mass is 269 g/mol. The Balaban J connectivity index is 2.76. The van der Waals surface area contributed by atoms with E-state index in [1.807, 2.05) is 37.4 Å². The van der Waals surface area contributed by atoms with Gasteiger partial charge in [0, 0.05) is 19.1 Å². The lowest BCUT2D eigenvalue weighted by atomic mass is 10.2. The third-order valence-corrected chi connectivity index (χ3v) is 3.38. The minimum absolute atomic E-state index is 0.119. The van der Waals surface area contributed by atoms with Crippen LogP contribution in [0.4, 0.5) is 0 Å². The Morgan fingerprint density at radius 3 is 2.44 bits per heavy atom. The van der Waals surface area contributed by atoms with E-state index in [0.717, 1.165) is 4.90 Å². The van der Waals surface area contributed by atoms with Gasteiger partial charge in [0.2, 0.25) is 0 Å². The van der Waals surface area contributed by atoms with Crippen LogP contribution in [0, 0.1) is 0 Å². The van der Waals surface area contributed by atoms with Gasteiger partial charge in [0.05, 0.1) is 11.6 Å². The second-order valence-electron chi connectivity index (χ2n) is 3.80. The van der Waals surface area contributed by atoms with Crippen LogP contribution in [0.1, 0.15) is 17.3 Å². The molecule has 1 aromatic carbocycles. The minimum atomic E-state index is -0.449. The van der Waals surface area contributed by atoms with Crippen molar-refractivity contribution < 1.29 is 14.3 Å². The summed E-state index contributed by atoms with van der Waals surface area (Å²) in [5.74, 6) is -0.119. The maximum atomic E-state index is 12.1. The molecule has 0 bridgehead atoms. The van der Waals surface area contributed by atoms with Crippen LogP contribution in [0.25, 0.3) is 0 Å². The van der Waals surface area contributed by atoms with Crippen LogP contribution in [0.15, 0.2) is 29.2 Å². The summed E-state index contributed by atoms with van der Waals surface area (Å²) in [5, 5.41) is 2.87. The number of carbonyl (C=O) groups is 1. The zero-order chi connectivity index (χ0) is 13.5. The number of benzene rings is 1. The van der Waals surface area contributed by atoms with Crippen molar-refractivity contribution in [1.82, 2.24) is 5.32 Å². The lowest BCUT2D eigenvalue weighted by Crippen LogP contribution is -2.43. The van der Waals surface area contributed by atoms with Gasteiger partial charge < -0.3 is 14.8 Å². The highest BCUT2D eigenvalue weighted by Crippen LogP contribution is 2.19. The maximum absolute atomic E-state index is 12.1. The predicted octanol–water partition coefficient (Wildman–Crippen LogP) is 2.15. The molecular formula is C13H19NO3S. The third kappa shape index (κ3) is 3.73. The maximum Gasteiger partial charge on any atom is 0.252 e. The minimum Gasteiger partial charge on any atom is -0.354 e. The van der Waals surface area contributed by atoms with Crippen molar-refractivity contribution in [2.75, 3.05) is 20.5 Å². The van der Waals surface area contributed by atoms with Crippen molar-refractivity contribution in [3.8, 4) is 0 Å². The molecule has 5 heteroatoms.